The average Bonchev–Trinajstić information content (AvgIpc) is 2.62. The highest BCUT2D eigenvalue weighted by atomic mass is 16.7. The number of nitrogens with zero attached hydrogens (tertiary/aromatic N) is 1. The van der Waals surface area contributed by atoms with Crippen LogP contribution in [0, 0.1) is 5.92 Å². The lowest BCUT2D eigenvalue weighted by Crippen LogP contribution is -2.52. The van der Waals surface area contributed by atoms with Crippen molar-refractivity contribution in [2.75, 3.05) is 13.2 Å². The first kappa shape index (κ1) is 19.5. The molecule has 0 N–H and O–H groups in total. The van der Waals surface area contributed by atoms with Gasteiger partial charge in [0.15, 0.2) is 6.29 Å². The molecular weight excluding hydrogens is 326 g/mol. The summed E-state index contributed by atoms with van der Waals surface area (Å²) in [6.45, 7) is 6.07. The Balaban J connectivity index is 1.60. The smallest absolute Gasteiger partial charge is 0.164 e. The van der Waals surface area contributed by atoms with Crippen molar-refractivity contribution in [3.05, 3.63) is 35.9 Å². The lowest BCUT2D eigenvalue weighted by Gasteiger charge is -2.48. The van der Waals surface area contributed by atoms with E-state index in [-0.39, 0.29) is 12.2 Å². The van der Waals surface area contributed by atoms with E-state index in [1.165, 1.54) is 24.8 Å². The van der Waals surface area contributed by atoms with Gasteiger partial charge >= 0.3 is 0 Å². The summed E-state index contributed by atoms with van der Waals surface area (Å²) in [5, 5.41) is 0. The number of benzene rings is 1. The van der Waals surface area contributed by atoms with Crippen LogP contribution in [0.4, 0.5) is 0 Å². The van der Waals surface area contributed by atoms with Crippen LogP contribution in [-0.2, 0) is 20.8 Å². The molecule has 2 atom stereocenters. The van der Waals surface area contributed by atoms with E-state index < -0.39 is 0 Å². The van der Waals surface area contributed by atoms with Gasteiger partial charge in [0, 0.05) is 37.8 Å². The number of ketones is 1. The minimum absolute atomic E-state index is 0.167. The van der Waals surface area contributed by atoms with Crippen LogP contribution in [0.5, 0.6) is 0 Å². The maximum Gasteiger partial charge on any atom is 0.164 e. The maximum atomic E-state index is 12.9. The minimum atomic E-state index is -0.375. The molecule has 1 aromatic carbocycles. The number of ether oxygens (including phenoxy) is 2. The van der Waals surface area contributed by atoms with Crippen LogP contribution in [0.1, 0.15) is 57.9 Å². The van der Waals surface area contributed by atoms with Crippen LogP contribution in [-0.4, -0.2) is 42.3 Å². The molecule has 0 aromatic heterocycles. The van der Waals surface area contributed by atoms with Gasteiger partial charge in [0.05, 0.1) is 6.42 Å². The van der Waals surface area contributed by atoms with E-state index in [0.717, 1.165) is 19.4 Å². The zero-order chi connectivity index (χ0) is 18.4. The first-order valence-corrected chi connectivity index (χ1v) is 10.3. The monoisotopic (exact) mass is 359 g/mol. The second kappa shape index (κ2) is 9.63. The number of hydrogen-bond acceptors (Lipinski definition) is 4. The third-order valence-electron chi connectivity index (χ3n) is 5.86. The summed E-state index contributed by atoms with van der Waals surface area (Å²) >= 11 is 0. The van der Waals surface area contributed by atoms with Crippen LogP contribution in [0.15, 0.2) is 30.3 Å². The third-order valence-corrected chi connectivity index (χ3v) is 5.86. The van der Waals surface area contributed by atoms with Crippen molar-refractivity contribution in [2.45, 2.75) is 77.3 Å². The van der Waals surface area contributed by atoms with Gasteiger partial charge in [0.1, 0.15) is 5.78 Å². The molecule has 2 aliphatic rings. The molecule has 2 heterocycles. The number of hydrogen-bond donors (Lipinski definition) is 0. The molecular formula is C22H33NO3. The van der Waals surface area contributed by atoms with E-state index >= 15 is 0 Å². The van der Waals surface area contributed by atoms with Crippen LogP contribution < -0.4 is 0 Å². The van der Waals surface area contributed by atoms with Gasteiger partial charge in [0.25, 0.3) is 0 Å². The number of fused-ring (bicyclic) bond motifs is 2. The fourth-order valence-electron chi connectivity index (χ4n) is 4.66. The Morgan fingerprint density at radius 2 is 1.69 bits per heavy atom. The normalized spacial score (nSPS) is 26.2. The fraction of sp³-hybridized carbons (Fsp3) is 0.682. The molecule has 2 bridgehead atoms. The number of piperidine rings is 2. The first-order valence-electron chi connectivity index (χ1n) is 10.3. The van der Waals surface area contributed by atoms with Crippen molar-refractivity contribution in [3.63, 3.8) is 0 Å². The Morgan fingerprint density at radius 1 is 1.08 bits per heavy atom. The van der Waals surface area contributed by atoms with Gasteiger partial charge in [-0.3, -0.25) is 9.69 Å². The van der Waals surface area contributed by atoms with E-state index in [1.807, 2.05) is 13.8 Å². The second-order valence-electron chi connectivity index (χ2n) is 7.58. The van der Waals surface area contributed by atoms with E-state index in [2.05, 4.69) is 35.2 Å². The molecule has 4 nitrogen and oxygen atoms in total. The highest BCUT2D eigenvalue weighted by Crippen LogP contribution is 2.38. The zero-order valence-corrected chi connectivity index (χ0v) is 16.2. The highest BCUT2D eigenvalue weighted by molar-refractivity contribution is 5.81. The number of rotatable bonds is 9. The molecule has 0 aliphatic carbocycles. The molecule has 1 aromatic rings. The maximum absolute atomic E-state index is 12.9. The van der Waals surface area contributed by atoms with Gasteiger partial charge in [-0.05, 0) is 45.1 Å². The standard InChI is InChI=1S/C22H33NO3/c1-3-25-22(26-4-2)15-21(24)18-13-19-11-8-12-20(14-18)23(19)16-17-9-6-5-7-10-17/h5-7,9-10,18-20,22H,3-4,8,11-16H2,1-2H3. The van der Waals surface area contributed by atoms with Crippen molar-refractivity contribution < 1.29 is 14.3 Å². The summed E-state index contributed by atoms with van der Waals surface area (Å²) in [6, 6.07) is 11.8. The van der Waals surface area contributed by atoms with Gasteiger partial charge in [-0.15, -0.1) is 0 Å². The Hall–Kier alpha value is -1.23. The van der Waals surface area contributed by atoms with E-state index in [0.29, 0.717) is 37.5 Å². The lowest BCUT2D eigenvalue weighted by molar-refractivity contribution is -0.156. The summed E-state index contributed by atoms with van der Waals surface area (Å²) in [6.07, 6.45) is 5.73. The van der Waals surface area contributed by atoms with Crippen molar-refractivity contribution >= 4 is 5.78 Å². The molecule has 4 heteroatoms. The van der Waals surface area contributed by atoms with Crippen molar-refractivity contribution in [3.8, 4) is 0 Å². The largest absolute Gasteiger partial charge is 0.352 e. The Morgan fingerprint density at radius 3 is 2.27 bits per heavy atom. The molecule has 2 aliphatic heterocycles. The summed E-state index contributed by atoms with van der Waals surface area (Å²) in [4.78, 5) is 15.5. The summed E-state index contributed by atoms with van der Waals surface area (Å²) in [7, 11) is 0. The first-order chi connectivity index (χ1) is 12.7. The van der Waals surface area contributed by atoms with Crippen LogP contribution in [0.3, 0.4) is 0 Å². The predicted octanol–water partition coefficient (Wildman–Crippen LogP) is 4.18. The van der Waals surface area contributed by atoms with E-state index in [4.69, 9.17) is 9.47 Å². The molecule has 2 saturated heterocycles. The van der Waals surface area contributed by atoms with Gasteiger partial charge < -0.3 is 9.47 Å². The van der Waals surface area contributed by atoms with Crippen molar-refractivity contribution in [2.24, 2.45) is 5.92 Å². The Bertz CT molecular complexity index is 542. The Labute approximate surface area is 157 Å². The molecule has 144 valence electrons. The molecule has 3 rings (SSSR count). The van der Waals surface area contributed by atoms with Gasteiger partial charge in [-0.2, -0.15) is 0 Å². The minimum Gasteiger partial charge on any atom is -0.352 e. The summed E-state index contributed by atoms with van der Waals surface area (Å²) in [5.41, 5.74) is 1.38. The third kappa shape index (κ3) is 4.93. The quantitative estimate of drug-likeness (QED) is 0.620. The molecule has 26 heavy (non-hydrogen) atoms. The second-order valence-corrected chi connectivity index (χ2v) is 7.58. The molecule has 2 fully saturated rings. The summed E-state index contributed by atoms with van der Waals surface area (Å²) in [5.74, 6) is 0.494. The number of Topliss-reactive ketones (excluding diaryl/α,β-unsaturated/α-hetero) is 1. The van der Waals surface area contributed by atoms with Crippen LogP contribution in [0.2, 0.25) is 0 Å². The van der Waals surface area contributed by atoms with Crippen molar-refractivity contribution in [1.29, 1.82) is 0 Å². The molecule has 2 unspecified atom stereocenters. The van der Waals surface area contributed by atoms with Crippen LogP contribution >= 0.6 is 0 Å². The summed E-state index contributed by atoms with van der Waals surface area (Å²) < 4.78 is 11.2. The van der Waals surface area contributed by atoms with Crippen LogP contribution in [0.25, 0.3) is 0 Å². The van der Waals surface area contributed by atoms with Gasteiger partial charge in [-0.1, -0.05) is 36.8 Å². The average molecular weight is 360 g/mol. The van der Waals surface area contributed by atoms with Gasteiger partial charge in [0.2, 0.25) is 0 Å². The zero-order valence-electron chi connectivity index (χ0n) is 16.2. The van der Waals surface area contributed by atoms with Crippen molar-refractivity contribution in [1.82, 2.24) is 4.90 Å². The molecule has 0 amide bonds. The lowest BCUT2D eigenvalue weighted by atomic mass is 9.76. The van der Waals surface area contributed by atoms with Gasteiger partial charge in [-0.25, -0.2) is 0 Å². The molecule has 0 radical (unpaired) electrons. The number of carbonyl (C=O) groups is 1. The van der Waals surface area contributed by atoms with E-state index in [9.17, 15) is 4.79 Å². The number of carbonyl (C=O) groups excluding carboxylic acids is 1. The Kier molecular flexibility index (Phi) is 7.23. The molecule has 0 spiro atoms. The predicted molar refractivity (Wildman–Crippen MR) is 103 cm³/mol. The fourth-order valence-corrected chi connectivity index (χ4v) is 4.66. The SMILES string of the molecule is CCOC(CC(=O)C1CC2CCCC(C1)N2Cc1ccccc1)OCC. The molecule has 0 saturated carbocycles. The highest BCUT2D eigenvalue weighted by Gasteiger charge is 2.40. The topological polar surface area (TPSA) is 38.8 Å². The van der Waals surface area contributed by atoms with E-state index in [1.54, 1.807) is 0 Å².